The quantitative estimate of drug-likeness (QED) is 0.646. The SMILES string of the molecule is CN1CCCNC(=O)O[C@@H]2CC[C@@](C)(C2)c2cc(n[nH]2)Nc2cccc(n2)C1. The first-order valence-electron chi connectivity index (χ1n) is 9.92. The molecule has 1 aliphatic heterocycles. The smallest absolute Gasteiger partial charge is 0.407 e. The number of amides is 1. The van der Waals surface area contributed by atoms with Crippen LogP contribution in [-0.2, 0) is 16.7 Å². The van der Waals surface area contributed by atoms with E-state index in [4.69, 9.17) is 9.72 Å². The van der Waals surface area contributed by atoms with Crippen LogP contribution in [0, 0.1) is 0 Å². The number of fused-ring (bicyclic) bond motifs is 7. The van der Waals surface area contributed by atoms with E-state index in [1.165, 1.54) is 0 Å². The fourth-order valence-electron chi connectivity index (χ4n) is 4.08. The molecule has 3 N–H and O–H groups in total. The van der Waals surface area contributed by atoms with E-state index in [9.17, 15) is 4.79 Å². The predicted molar refractivity (Wildman–Crippen MR) is 107 cm³/mol. The first kappa shape index (κ1) is 18.7. The number of hydrogen-bond donors (Lipinski definition) is 3. The number of carbonyl (C=O) groups excluding carboxylic acids is 1. The summed E-state index contributed by atoms with van der Waals surface area (Å²) in [5, 5.41) is 13.7. The van der Waals surface area contributed by atoms with Gasteiger partial charge in [0.25, 0.3) is 0 Å². The Kier molecular flexibility index (Phi) is 5.21. The van der Waals surface area contributed by atoms with Crippen LogP contribution in [0.5, 0.6) is 0 Å². The molecule has 8 nitrogen and oxygen atoms in total. The second-order valence-corrected chi connectivity index (χ2v) is 8.15. The molecule has 2 aliphatic rings. The lowest BCUT2D eigenvalue weighted by Gasteiger charge is -2.22. The molecule has 0 spiro atoms. The zero-order valence-corrected chi connectivity index (χ0v) is 16.5. The predicted octanol–water partition coefficient (Wildman–Crippen LogP) is 2.92. The molecule has 1 fully saturated rings. The Morgan fingerprint density at radius 2 is 2.21 bits per heavy atom. The van der Waals surface area contributed by atoms with Crippen LogP contribution in [0.1, 0.15) is 44.0 Å². The third-order valence-electron chi connectivity index (χ3n) is 5.68. The van der Waals surface area contributed by atoms with E-state index in [0.717, 1.165) is 61.8 Å². The van der Waals surface area contributed by atoms with Crippen molar-refractivity contribution in [1.29, 1.82) is 0 Å². The molecule has 3 heterocycles. The molecule has 0 aromatic carbocycles. The first-order chi connectivity index (χ1) is 13.5. The molecule has 2 aromatic rings. The number of pyridine rings is 1. The average molecular weight is 384 g/mol. The highest BCUT2D eigenvalue weighted by molar-refractivity contribution is 5.67. The lowest BCUT2D eigenvalue weighted by molar-refractivity contribution is 0.0974. The van der Waals surface area contributed by atoms with E-state index >= 15 is 0 Å². The van der Waals surface area contributed by atoms with E-state index in [-0.39, 0.29) is 17.6 Å². The van der Waals surface area contributed by atoms with Crippen molar-refractivity contribution < 1.29 is 9.53 Å². The van der Waals surface area contributed by atoms with E-state index in [0.29, 0.717) is 6.54 Å². The maximum absolute atomic E-state index is 12.1. The fraction of sp³-hybridized carbons (Fsp3) is 0.550. The lowest BCUT2D eigenvalue weighted by Crippen LogP contribution is -2.31. The number of alkyl carbamates (subject to hydrolysis) is 1. The summed E-state index contributed by atoms with van der Waals surface area (Å²) in [7, 11) is 2.05. The number of anilines is 2. The molecule has 2 atom stereocenters. The Hall–Kier alpha value is -2.61. The highest BCUT2D eigenvalue weighted by atomic mass is 16.6. The zero-order chi connectivity index (χ0) is 19.6. The second kappa shape index (κ2) is 7.79. The van der Waals surface area contributed by atoms with Gasteiger partial charge in [-0.3, -0.25) is 5.10 Å². The molecule has 8 heteroatoms. The number of hydrogen-bond acceptors (Lipinski definition) is 6. The normalized spacial score (nSPS) is 26.5. The summed E-state index contributed by atoms with van der Waals surface area (Å²) in [6.45, 7) is 4.40. The highest BCUT2D eigenvalue weighted by Gasteiger charge is 2.39. The van der Waals surface area contributed by atoms with Crippen molar-refractivity contribution in [3.05, 3.63) is 35.7 Å². The summed E-state index contributed by atoms with van der Waals surface area (Å²) in [4.78, 5) is 19.0. The minimum Gasteiger partial charge on any atom is -0.446 e. The van der Waals surface area contributed by atoms with Gasteiger partial charge in [0, 0.05) is 30.3 Å². The standard InChI is InChI=1S/C20H28N6O2/c1-20-8-7-15(12-20)28-19(27)21-9-4-10-26(2)13-14-5-3-6-17(22-14)23-18-11-16(20)24-25-18/h3,5-6,11,15H,4,7-10,12-13H2,1-2H3,(H,21,27)(H2,22,23,24,25)/t15-,20+/m1/s1. The maximum Gasteiger partial charge on any atom is 0.407 e. The van der Waals surface area contributed by atoms with Crippen LogP contribution in [0.2, 0.25) is 0 Å². The fourth-order valence-corrected chi connectivity index (χ4v) is 4.08. The van der Waals surface area contributed by atoms with Gasteiger partial charge in [0.15, 0.2) is 5.82 Å². The minimum absolute atomic E-state index is 0.0652. The van der Waals surface area contributed by atoms with Gasteiger partial charge in [-0.2, -0.15) is 5.10 Å². The number of nitrogens with one attached hydrogen (secondary N) is 3. The lowest BCUT2D eigenvalue weighted by atomic mass is 9.85. The van der Waals surface area contributed by atoms with Gasteiger partial charge in [0.2, 0.25) is 0 Å². The molecule has 0 radical (unpaired) electrons. The number of ether oxygens (including phenoxy) is 1. The Morgan fingerprint density at radius 3 is 3.11 bits per heavy atom. The van der Waals surface area contributed by atoms with E-state index in [1.807, 2.05) is 24.3 Å². The van der Waals surface area contributed by atoms with Gasteiger partial charge in [-0.05, 0) is 51.4 Å². The molecule has 1 saturated carbocycles. The van der Waals surface area contributed by atoms with Crippen LogP contribution in [0.15, 0.2) is 24.3 Å². The average Bonchev–Trinajstić information content (AvgIpc) is 3.26. The summed E-state index contributed by atoms with van der Waals surface area (Å²) >= 11 is 0. The molecular formula is C20H28N6O2. The molecule has 150 valence electrons. The summed E-state index contributed by atoms with van der Waals surface area (Å²) in [5.74, 6) is 1.53. The summed E-state index contributed by atoms with van der Waals surface area (Å²) in [6, 6.07) is 8.01. The Morgan fingerprint density at radius 1 is 1.32 bits per heavy atom. The Balaban J connectivity index is 1.57. The van der Waals surface area contributed by atoms with Crippen LogP contribution >= 0.6 is 0 Å². The third-order valence-corrected chi connectivity index (χ3v) is 5.68. The first-order valence-corrected chi connectivity index (χ1v) is 9.92. The van der Waals surface area contributed by atoms with E-state index < -0.39 is 0 Å². The van der Waals surface area contributed by atoms with Crippen molar-refractivity contribution >= 4 is 17.7 Å². The minimum atomic E-state index is -0.320. The van der Waals surface area contributed by atoms with Crippen LogP contribution in [0.3, 0.4) is 0 Å². The van der Waals surface area contributed by atoms with E-state index in [2.05, 4.69) is 39.7 Å². The molecule has 1 aliphatic carbocycles. The van der Waals surface area contributed by atoms with Crippen LogP contribution in [-0.4, -0.2) is 52.4 Å². The van der Waals surface area contributed by atoms with Crippen molar-refractivity contribution in [2.24, 2.45) is 0 Å². The van der Waals surface area contributed by atoms with Gasteiger partial charge < -0.3 is 20.3 Å². The zero-order valence-electron chi connectivity index (χ0n) is 16.5. The van der Waals surface area contributed by atoms with Gasteiger partial charge in [-0.1, -0.05) is 13.0 Å². The molecule has 4 rings (SSSR count). The number of carbonyl (C=O) groups is 1. The molecule has 0 saturated heterocycles. The van der Waals surface area contributed by atoms with Gasteiger partial charge in [-0.25, -0.2) is 9.78 Å². The molecule has 6 bridgehead atoms. The van der Waals surface area contributed by atoms with Crippen molar-refractivity contribution in [2.75, 3.05) is 25.5 Å². The molecule has 28 heavy (non-hydrogen) atoms. The molecule has 1 amide bonds. The monoisotopic (exact) mass is 384 g/mol. The second-order valence-electron chi connectivity index (χ2n) is 8.15. The summed E-state index contributed by atoms with van der Waals surface area (Å²) in [6.07, 6.45) is 3.07. The molecule has 0 unspecified atom stereocenters. The topological polar surface area (TPSA) is 95.2 Å². The third kappa shape index (κ3) is 4.27. The van der Waals surface area contributed by atoms with Gasteiger partial charge in [0.1, 0.15) is 11.9 Å². The largest absolute Gasteiger partial charge is 0.446 e. The van der Waals surface area contributed by atoms with Crippen molar-refractivity contribution in [3.8, 4) is 0 Å². The number of rotatable bonds is 0. The van der Waals surface area contributed by atoms with Crippen LogP contribution in [0.25, 0.3) is 0 Å². The highest BCUT2D eigenvalue weighted by Crippen LogP contribution is 2.41. The number of aromatic amines is 1. The molecular weight excluding hydrogens is 356 g/mol. The van der Waals surface area contributed by atoms with E-state index in [1.54, 1.807) is 0 Å². The Bertz CT molecular complexity index is 838. The van der Waals surface area contributed by atoms with Crippen molar-refractivity contribution in [3.63, 3.8) is 0 Å². The summed E-state index contributed by atoms with van der Waals surface area (Å²) in [5.41, 5.74) is 1.96. The van der Waals surface area contributed by atoms with Crippen molar-refractivity contribution in [1.82, 2.24) is 25.4 Å². The number of aromatic nitrogens is 3. The molecule has 2 aromatic heterocycles. The van der Waals surface area contributed by atoms with Crippen LogP contribution in [0.4, 0.5) is 16.4 Å². The number of H-pyrrole nitrogens is 1. The summed E-state index contributed by atoms with van der Waals surface area (Å²) < 4.78 is 5.64. The van der Waals surface area contributed by atoms with Gasteiger partial charge in [0.05, 0.1) is 5.69 Å². The van der Waals surface area contributed by atoms with Gasteiger partial charge in [-0.15, -0.1) is 0 Å². The van der Waals surface area contributed by atoms with Crippen molar-refractivity contribution in [2.45, 2.75) is 50.7 Å². The van der Waals surface area contributed by atoms with Crippen LogP contribution < -0.4 is 10.6 Å². The Labute approximate surface area is 165 Å². The number of nitrogens with zero attached hydrogens (tertiary/aromatic N) is 3. The maximum atomic E-state index is 12.1. The van der Waals surface area contributed by atoms with Gasteiger partial charge >= 0.3 is 6.09 Å².